The van der Waals surface area contributed by atoms with Gasteiger partial charge in [0.25, 0.3) is 0 Å². The van der Waals surface area contributed by atoms with Crippen LogP contribution in [0, 0.1) is 0 Å². The van der Waals surface area contributed by atoms with E-state index in [0.717, 1.165) is 12.2 Å². The van der Waals surface area contributed by atoms with Crippen LogP contribution >= 0.6 is 0 Å². The maximum Gasteiger partial charge on any atom is 0.0415 e. The average molecular weight is 172 g/mol. The molecule has 0 aliphatic carbocycles. The van der Waals surface area contributed by atoms with Gasteiger partial charge in [0.05, 0.1) is 0 Å². The lowest BCUT2D eigenvalue weighted by Crippen LogP contribution is -1.97. The molecule has 2 N–H and O–H groups in total. The summed E-state index contributed by atoms with van der Waals surface area (Å²) in [5, 5.41) is 3.33. The van der Waals surface area contributed by atoms with Gasteiger partial charge in [0.1, 0.15) is 0 Å². The van der Waals surface area contributed by atoms with Crippen LogP contribution in [-0.4, -0.2) is 4.98 Å². The molecule has 13 heavy (non-hydrogen) atoms. The zero-order valence-electron chi connectivity index (χ0n) is 7.33. The largest absolute Gasteiger partial charge is 0.381 e. The molecule has 0 bridgehead atoms. The third kappa shape index (κ3) is 2.12. The molecule has 0 aliphatic rings. The monoisotopic (exact) mass is 172 g/mol. The molecule has 0 aliphatic heterocycles. The minimum absolute atomic E-state index is 0.869. The van der Waals surface area contributed by atoms with Crippen molar-refractivity contribution in [1.82, 2.24) is 4.98 Å². The molecule has 2 heteroatoms. The van der Waals surface area contributed by atoms with E-state index in [0.29, 0.717) is 0 Å². The third-order valence-electron chi connectivity index (χ3n) is 1.93. The lowest BCUT2D eigenvalue weighted by atomic mass is 10.3. The number of hydrogen-bond acceptors (Lipinski definition) is 1. The summed E-state index contributed by atoms with van der Waals surface area (Å²) in [6.07, 6.45) is 3.93. The van der Waals surface area contributed by atoms with Gasteiger partial charge in [-0.15, -0.1) is 0 Å². The highest BCUT2D eigenvalue weighted by molar-refractivity contribution is 5.42. The van der Waals surface area contributed by atoms with Crippen molar-refractivity contribution in [2.24, 2.45) is 0 Å². The molecule has 0 atom stereocenters. The summed E-state index contributed by atoms with van der Waals surface area (Å²) in [4.78, 5) is 3.03. The maximum absolute atomic E-state index is 3.33. The minimum atomic E-state index is 0.869. The van der Waals surface area contributed by atoms with E-state index in [1.54, 1.807) is 0 Å². The van der Waals surface area contributed by atoms with E-state index < -0.39 is 0 Å². The number of hydrogen-bond donors (Lipinski definition) is 2. The van der Waals surface area contributed by atoms with E-state index in [1.807, 2.05) is 30.6 Å². The fourth-order valence-corrected chi connectivity index (χ4v) is 1.23. The van der Waals surface area contributed by atoms with E-state index in [4.69, 9.17) is 0 Å². The lowest BCUT2D eigenvalue weighted by Gasteiger charge is -2.03. The second kappa shape index (κ2) is 3.81. The van der Waals surface area contributed by atoms with Gasteiger partial charge in [-0.3, -0.25) is 0 Å². The summed E-state index contributed by atoms with van der Waals surface area (Å²) in [6.45, 7) is 0.869. The molecule has 0 amide bonds. The fourth-order valence-electron chi connectivity index (χ4n) is 1.23. The second-order valence-corrected chi connectivity index (χ2v) is 2.94. The van der Waals surface area contributed by atoms with Gasteiger partial charge < -0.3 is 10.3 Å². The van der Waals surface area contributed by atoms with Crippen molar-refractivity contribution in [1.29, 1.82) is 0 Å². The number of anilines is 1. The van der Waals surface area contributed by atoms with Crippen LogP contribution in [0.2, 0.25) is 0 Å². The number of aromatic amines is 1. The number of benzene rings is 1. The molecule has 0 spiro atoms. The first-order chi connectivity index (χ1) is 6.45. The van der Waals surface area contributed by atoms with Crippen molar-refractivity contribution in [3.8, 4) is 0 Å². The standard InChI is InChI=1S/C11H12N2/c1-2-4-11(5-3-1)13-9-10-6-7-12-8-10/h1-8,12-13H,9H2. The van der Waals surface area contributed by atoms with Crippen molar-refractivity contribution >= 4 is 5.69 Å². The second-order valence-electron chi connectivity index (χ2n) is 2.94. The van der Waals surface area contributed by atoms with E-state index in [1.165, 1.54) is 5.56 Å². The molecule has 2 rings (SSSR count). The molecular formula is C11H12N2. The highest BCUT2D eigenvalue weighted by Crippen LogP contribution is 2.07. The van der Waals surface area contributed by atoms with Gasteiger partial charge in [0.15, 0.2) is 0 Å². The average Bonchev–Trinajstić information content (AvgIpc) is 2.69. The van der Waals surface area contributed by atoms with Crippen LogP contribution in [0.4, 0.5) is 5.69 Å². The quantitative estimate of drug-likeness (QED) is 0.731. The molecular weight excluding hydrogens is 160 g/mol. The smallest absolute Gasteiger partial charge is 0.0415 e. The molecule has 0 saturated carbocycles. The minimum Gasteiger partial charge on any atom is -0.381 e. The summed E-state index contributed by atoms with van der Waals surface area (Å²) in [5.74, 6) is 0. The zero-order chi connectivity index (χ0) is 8.93. The van der Waals surface area contributed by atoms with E-state index in [2.05, 4.69) is 28.5 Å². The van der Waals surface area contributed by atoms with E-state index in [-0.39, 0.29) is 0 Å². The van der Waals surface area contributed by atoms with E-state index in [9.17, 15) is 0 Å². The molecule has 1 aromatic carbocycles. The highest BCUT2D eigenvalue weighted by Gasteiger charge is 1.91. The molecule has 0 unspecified atom stereocenters. The predicted octanol–water partition coefficient (Wildman–Crippen LogP) is 2.63. The zero-order valence-corrected chi connectivity index (χ0v) is 7.33. The van der Waals surface area contributed by atoms with Gasteiger partial charge in [-0.2, -0.15) is 0 Å². The lowest BCUT2D eigenvalue weighted by molar-refractivity contribution is 1.15. The first-order valence-electron chi connectivity index (χ1n) is 4.36. The summed E-state index contributed by atoms with van der Waals surface area (Å²) in [7, 11) is 0. The number of rotatable bonds is 3. The molecule has 66 valence electrons. The third-order valence-corrected chi connectivity index (χ3v) is 1.93. The maximum atomic E-state index is 3.33. The Labute approximate surface area is 77.6 Å². The molecule has 2 nitrogen and oxygen atoms in total. The van der Waals surface area contributed by atoms with Crippen LogP contribution in [-0.2, 0) is 6.54 Å². The topological polar surface area (TPSA) is 27.8 Å². The Morgan fingerprint density at radius 3 is 2.62 bits per heavy atom. The Kier molecular flexibility index (Phi) is 2.32. The van der Waals surface area contributed by atoms with Crippen LogP contribution in [0.25, 0.3) is 0 Å². The first kappa shape index (κ1) is 7.92. The Morgan fingerprint density at radius 1 is 1.08 bits per heavy atom. The van der Waals surface area contributed by atoms with Gasteiger partial charge in [0.2, 0.25) is 0 Å². The van der Waals surface area contributed by atoms with Crippen LogP contribution in [0.15, 0.2) is 48.8 Å². The number of H-pyrrole nitrogens is 1. The van der Waals surface area contributed by atoms with Crippen LogP contribution in [0.1, 0.15) is 5.56 Å². The Bertz CT molecular complexity index is 338. The Hall–Kier alpha value is -1.70. The Morgan fingerprint density at radius 2 is 1.92 bits per heavy atom. The summed E-state index contributed by atoms with van der Waals surface area (Å²) in [6, 6.07) is 12.3. The first-order valence-corrected chi connectivity index (χ1v) is 4.36. The van der Waals surface area contributed by atoms with Crippen molar-refractivity contribution in [2.45, 2.75) is 6.54 Å². The van der Waals surface area contributed by atoms with Crippen molar-refractivity contribution in [2.75, 3.05) is 5.32 Å². The van der Waals surface area contributed by atoms with Gasteiger partial charge in [-0.25, -0.2) is 0 Å². The number of para-hydroxylation sites is 1. The van der Waals surface area contributed by atoms with Crippen LogP contribution < -0.4 is 5.32 Å². The fraction of sp³-hybridized carbons (Fsp3) is 0.0909. The van der Waals surface area contributed by atoms with Crippen molar-refractivity contribution in [3.63, 3.8) is 0 Å². The normalized spacial score (nSPS) is 9.85. The molecule has 0 fully saturated rings. The summed E-state index contributed by atoms with van der Waals surface area (Å²) >= 11 is 0. The molecule has 0 saturated heterocycles. The summed E-state index contributed by atoms with van der Waals surface area (Å²) in [5.41, 5.74) is 2.42. The Balaban J connectivity index is 1.94. The van der Waals surface area contributed by atoms with Crippen molar-refractivity contribution in [3.05, 3.63) is 54.4 Å². The van der Waals surface area contributed by atoms with Crippen molar-refractivity contribution < 1.29 is 0 Å². The molecule has 1 aromatic heterocycles. The number of nitrogens with one attached hydrogen (secondary N) is 2. The van der Waals surface area contributed by atoms with Crippen LogP contribution in [0.3, 0.4) is 0 Å². The number of aromatic nitrogens is 1. The molecule has 1 heterocycles. The molecule has 2 aromatic rings. The highest BCUT2D eigenvalue weighted by atomic mass is 14.9. The van der Waals surface area contributed by atoms with Gasteiger partial charge in [-0.05, 0) is 23.8 Å². The van der Waals surface area contributed by atoms with Gasteiger partial charge in [-0.1, -0.05) is 18.2 Å². The SMILES string of the molecule is c1ccc(NCc2cc[nH]c2)cc1. The predicted molar refractivity (Wildman–Crippen MR) is 54.6 cm³/mol. The van der Waals surface area contributed by atoms with Gasteiger partial charge in [0, 0.05) is 24.6 Å². The molecule has 0 radical (unpaired) electrons. The summed E-state index contributed by atoms with van der Waals surface area (Å²) < 4.78 is 0. The van der Waals surface area contributed by atoms with Crippen LogP contribution in [0.5, 0.6) is 0 Å². The van der Waals surface area contributed by atoms with Gasteiger partial charge >= 0.3 is 0 Å². The van der Waals surface area contributed by atoms with E-state index >= 15 is 0 Å².